The number of hydrogen-bond acceptors (Lipinski definition) is 6. The Bertz CT molecular complexity index is 833. The molecule has 2 aromatic rings. The molecule has 0 spiro atoms. The molecule has 1 saturated heterocycles. The molecule has 0 aliphatic carbocycles. The second-order valence-corrected chi connectivity index (χ2v) is 7.08. The Morgan fingerprint density at radius 2 is 2.11 bits per heavy atom. The molecule has 3 N–H and O–H groups in total. The average Bonchev–Trinajstić information content (AvgIpc) is 3.08. The minimum atomic E-state index is -0.982. The van der Waals surface area contributed by atoms with Gasteiger partial charge in [0.15, 0.2) is 6.29 Å². The summed E-state index contributed by atoms with van der Waals surface area (Å²) in [5, 5.41) is 19.8. The largest absolute Gasteiger partial charge is 0.481 e. The smallest absolute Gasteiger partial charge is 0.340 e. The van der Waals surface area contributed by atoms with Crippen molar-refractivity contribution in [3.05, 3.63) is 36.0 Å². The molecule has 0 radical (unpaired) electrons. The third kappa shape index (κ3) is 4.70. The molecule has 1 fully saturated rings. The quantitative estimate of drug-likeness (QED) is 0.621. The predicted molar refractivity (Wildman–Crippen MR) is 99.9 cm³/mol. The number of benzene rings is 1. The number of aliphatic hydroxyl groups is 1. The maximum atomic E-state index is 12.6. The van der Waals surface area contributed by atoms with Crippen molar-refractivity contribution in [3.8, 4) is 0 Å². The molecule has 28 heavy (non-hydrogen) atoms. The first-order valence-electron chi connectivity index (χ1n) is 9.33. The lowest BCUT2D eigenvalue weighted by Crippen LogP contribution is -2.49. The topological polar surface area (TPSA) is 118 Å². The molecule has 0 amide bonds. The summed E-state index contributed by atoms with van der Waals surface area (Å²) in [5.41, 5.74) is 1.27. The number of rotatable bonds is 7. The summed E-state index contributed by atoms with van der Waals surface area (Å²) in [4.78, 5) is 26.3. The highest BCUT2D eigenvalue weighted by atomic mass is 16.7. The van der Waals surface area contributed by atoms with Gasteiger partial charge >= 0.3 is 11.9 Å². The first-order chi connectivity index (χ1) is 13.3. The van der Waals surface area contributed by atoms with Crippen LogP contribution in [0.15, 0.2) is 30.5 Å². The molecule has 0 bridgehead atoms. The summed E-state index contributed by atoms with van der Waals surface area (Å²) < 4.78 is 16.9. The lowest BCUT2D eigenvalue weighted by molar-refractivity contribution is -0.273. The summed E-state index contributed by atoms with van der Waals surface area (Å²) in [6, 6.07) is 7.42. The summed E-state index contributed by atoms with van der Waals surface area (Å²) in [6.45, 7) is 3.48. The Hall–Kier alpha value is -2.42. The number of carboxylic acid groups (broad SMARTS) is 1. The number of H-pyrrole nitrogens is 1. The monoisotopic (exact) mass is 391 g/mol. The number of aliphatic hydroxyl groups excluding tert-OH is 1. The van der Waals surface area contributed by atoms with Gasteiger partial charge in [-0.05, 0) is 26.3 Å². The SMILES string of the molecule is CC1O[C@@H](O[C@H](C)CCC(=O)O)C(O)C[C@H]1OC(=O)c1c[nH]c2ccccc12. The number of aliphatic carboxylic acids is 1. The van der Waals surface area contributed by atoms with Gasteiger partial charge in [0.25, 0.3) is 0 Å². The van der Waals surface area contributed by atoms with Gasteiger partial charge in [-0.3, -0.25) is 4.79 Å². The number of carbonyl (C=O) groups is 2. The molecule has 3 rings (SSSR count). The highest BCUT2D eigenvalue weighted by molar-refractivity contribution is 6.04. The fourth-order valence-electron chi connectivity index (χ4n) is 3.26. The molecule has 2 heterocycles. The van der Waals surface area contributed by atoms with Crippen LogP contribution in [0.4, 0.5) is 0 Å². The van der Waals surface area contributed by atoms with Crippen molar-refractivity contribution in [3.63, 3.8) is 0 Å². The van der Waals surface area contributed by atoms with E-state index >= 15 is 0 Å². The number of fused-ring (bicyclic) bond motifs is 1. The molecule has 1 aliphatic heterocycles. The molecule has 1 aromatic carbocycles. The first-order valence-corrected chi connectivity index (χ1v) is 9.33. The third-order valence-corrected chi connectivity index (χ3v) is 4.86. The van der Waals surface area contributed by atoms with Crippen LogP contribution < -0.4 is 0 Å². The molecule has 2 unspecified atom stereocenters. The highest BCUT2D eigenvalue weighted by Gasteiger charge is 2.38. The molecule has 1 aromatic heterocycles. The number of ether oxygens (including phenoxy) is 3. The molecule has 8 nitrogen and oxygen atoms in total. The number of para-hydroxylation sites is 1. The molecule has 0 saturated carbocycles. The van der Waals surface area contributed by atoms with Crippen molar-refractivity contribution in [1.29, 1.82) is 0 Å². The van der Waals surface area contributed by atoms with Gasteiger partial charge in [-0.1, -0.05) is 18.2 Å². The van der Waals surface area contributed by atoms with E-state index in [1.165, 1.54) is 0 Å². The zero-order chi connectivity index (χ0) is 20.3. The van der Waals surface area contributed by atoms with Crippen LogP contribution in [0.2, 0.25) is 0 Å². The Balaban J connectivity index is 1.58. The van der Waals surface area contributed by atoms with Crippen LogP contribution in [0, 0.1) is 0 Å². The van der Waals surface area contributed by atoms with Crippen LogP contribution in [0.25, 0.3) is 10.9 Å². The minimum absolute atomic E-state index is 0.0234. The number of aromatic amines is 1. The molecular formula is C20H25NO7. The van der Waals surface area contributed by atoms with E-state index in [0.717, 1.165) is 10.9 Å². The number of hydrogen-bond donors (Lipinski definition) is 3. The van der Waals surface area contributed by atoms with Crippen LogP contribution in [0.1, 0.15) is 43.5 Å². The van der Waals surface area contributed by atoms with E-state index in [1.807, 2.05) is 24.3 Å². The maximum Gasteiger partial charge on any atom is 0.340 e. The first kappa shape index (κ1) is 20.3. The minimum Gasteiger partial charge on any atom is -0.481 e. The molecular weight excluding hydrogens is 366 g/mol. The van der Waals surface area contributed by atoms with Gasteiger partial charge in [0, 0.05) is 29.9 Å². The number of aromatic nitrogens is 1. The second kappa shape index (κ2) is 8.72. The van der Waals surface area contributed by atoms with E-state index < -0.39 is 36.5 Å². The van der Waals surface area contributed by atoms with Gasteiger partial charge in [-0.25, -0.2) is 4.79 Å². The fraction of sp³-hybridized carbons (Fsp3) is 0.500. The van der Waals surface area contributed by atoms with Gasteiger partial charge in [0.2, 0.25) is 0 Å². The third-order valence-electron chi connectivity index (χ3n) is 4.86. The molecule has 5 atom stereocenters. The Morgan fingerprint density at radius 3 is 2.86 bits per heavy atom. The maximum absolute atomic E-state index is 12.6. The second-order valence-electron chi connectivity index (χ2n) is 7.08. The van der Waals surface area contributed by atoms with Crippen LogP contribution in [-0.4, -0.2) is 57.8 Å². The van der Waals surface area contributed by atoms with Gasteiger partial charge in [0.05, 0.1) is 17.8 Å². The normalized spacial score (nSPS) is 26.1. The van der Waals surface area contributed by atoms with Crippen LogP contribution in [0.3, 0.4) is 0 Å². The summed E-state index contributed by atoms with van der Waals surface area (Å²) in [7, 11) is 0. The average molecular weight is 391 g/mol. The van der Waals surface area contributed by atoms with E-state index in [-0.39, 0.29) is 18.9 Å². The summed E-state index contributed by atoms with van der Waals surface area (Å²) >= 11 is 0. The molecule has 8 heteroatoms. The summed E-state index contributed by atoms with van der Waals surface area (Å²) in [5.74, 6) is -1.39. The zero-order valence-corrected chi connectivity index (χ0v) is 15.8. The standard InChI is InChI=1S/C20H25NO7/c1-11(7-8-18(23)24)26-20-16(22)9-17(12(2)27-20)28-19(25)14-10-21-15-6-4-3-5-13(14)15/h3-6,10-12,16-17,20-22H,7-9H2,1-2H3,(H,23,24)/t11-,12?,16?,17-,20-/m1/s1. The van der Waals surface area contributed by atoms with Crippen LogP contribution in [-0.2, 0) is 19.0 Å². The summed E-state index contributed by atoms with van der Waals surface area (Å²) in [6.07, 6.45) is -1.28. The van der Waals surface area contributed by atoms with E-state index in [4.69, 9.17) is 19.3 Å². The molecule has 1 aliphatic rings. The van der Waals surface area contributed by atoms with E-state index in [9.17, 15) is 14.7 Å². The number of nitrogens with one attached hydrogen (secondary N) is 1. The van der Waals surface area contributed by atoms with E-state index in [1.54, 1.807) is 20.0 Å². The van der Waals surface area contributed by atoms with Crippen molar-refractivity contribution >= 4 is 22.8 Å². The number of carboxylic acids is 1. The van der Waals surface area contributed by atoms with Crippen molar-refractivity contribution in [2.75, 3.05) is 0 Å². The lowest BCUT2D eigenvalue weighted by atomic mass is 10.0. The van der Waals surface area contributed by atoms with Crippen LogP contribution >= 0.6 is 0 Å². The Kier molecular flexibility index (Phi) is 6.33. The van der Waals surface area contributed by atoms with Crippen molar-refractivity contribution in [2.45, 2.75) is 63.8 Å². The number of carbonyl (C=O) groups excluding carboxylic acids is 1. The lowest BCUT2D eigenvalue weighted by Gasteiger charge is -2.38. The van der Waals surface area contributed by atoms with Gasteiger partial charge in [0.1, 0.15) is 12.2 Å². The van der Waals surface area contributed by atoms with Gasteiger partial charge in [-0.2, -0.15) is 0 Å². The van der Waals surface area contributed by atoms with Crippen molar-refractivity contribution < 1.29 is 34.0 Å². The Labute approximate surface area is 162 Å². The van der Waals surface area contributed by atoms with Crippen molar-refractivity contribution in [2.24, 2.45) is 0 Å². The zero-order valence-electron chi connectivity index (χ0n) is 15.8. The Morgan fingerprint density at radius 1 is 1.36 bits per heavy atom. The van der Waals surface area contributed by atoms with Gasteiger partial charge in [-0.15, -0.1) is 0 Å². The molecule has 152 valence electrons. The van der Waals surface area contributed by atoms with Crippen LogP contribution in [0.5, 0.6) is 0 Å². The highest BCUT2D eigenvalue weighted by Crippen LogP contribution is 2.27. The predicted octanol–water partition coefficient (Wildman–Crippen LogP) is 2.46. The van der Waals surface area contributed by atoms with Gasteiger partial charge < -0.3 is 29.4 Å². The number of esters is 1. The fourth-order valence-corrected chi connectivity index (χ4v) is 3.26. The van der Waals surface area contributed by atoms with E-state index in [0.29, 0.717) is 12.0 Å². The van der Waals surface area contributed by atoms with E-state index in [2.05, 4.69) is 4.98 Å². The van der Waals surface area contributed by atoms with Crippen molar-refractivity contribution in [1.82, 2.24) is 4.98 Å².